The standard InChI is InChI=1S/C22H14Br2ClNO/c23-18-8-5-15(6-9-18)14-27-22-10-7-16(12-20(22)24)11-17(13-26)19-3-1-2-4-21(19)25/h1-12H,14H2. The quantitative estimate of drug-likeness (QED) is 0.267. The lowest BCUT2D eigenvalue weighted by Gasteiger charge is -2.09. The van der Waals surface area contributed by atoms with Crippen molar-refractivity contribution in [3.05, 3.63) is 97.4 Å². The highest BCUT2D eigenvalue weighted by Gasteiger charge is 2.07. The van der Waals surface area contributed by atoms with E-state index in [9.17, 15) is 5.26 Å². The molecule has 0 atom stereocenters. The Hall–Kier alpha value is -2.06. The minimum atomic E-state index is 0.476. The van der Waals surface area contributed by atoms with Crippen LogP contribution < -0.4 is 4.74 Å². The lowest BCUT2D eigenvalue weighted by Crippen LogP contribution is -1.96. The molecule has 0 radical (unpaired) electrons. The van der Waals surface area contributed by atoms with Crippen molar-refractivity contribution in [3.63, 3.8) is 0 Å². The summed E-state index contributed by atoms with van der Waals surface area (Å²) in [6, 6.07) is 23.2. The molecule has 134 valence electrons. The molecule has 2 nitrogen and oxygen atoms in total. The van der Waals surface area contributed by atoms with Crippen LogP contribution in [0.1, 0.15) is 16.7 Å². The zero-order valence-corrected chi connectivity index (χ0v) is 18.1. The Labute approximate surface area is 180 Å². The van der Waals surface area contributed by atoms with Crippen LogP contribution in [0.5, 0.6) is 5.75 Å². The third-order valence-corrected chi connectivity index (χ3v) is 5.34. The minimum absolute atomic E-state index is 0.476. The van der Waals surface area contributed by atoms with Gasteiger partial charge >= 0.3 is 0 Å². The van der Waals surface area contributed by atoms with Crippen LogP contribution in [-0.4, -0.2) is 0 Å². The van der Waals surface area contributed by atoms with Crippen LogP contribution in [0.25, 0.3) is 11.6 Å². The Morgan fingerprint density at radius 1 is 1.04 bits per heavy atom. The van der Waals surface area contributed by atoms with Gasteiger partial charge in [0.05, 0.1) is 16.1 Å². The molecule has 3 rings (SSSR count). The van der Waals surface area contributed by atoms with Crippen molar-refractivity contribution in [1.82, 2.24) is 0 Å². The number of ether oxygens (including phenoxy) is 1. The fraction of sp³-hybridized carbons (Fsp3) is 0.0455. The highest BCUT2D eigenvalue weighted by Crippen LogP contribution is 2.30. The van der Waals surface area contributed by atoms with Crippen molar-refractivity contribution >= 4 is 55.1 Å². The van der Waals surface area contributed by atoms with Gasteiger partial charge in [-0.3, -0.25) is 0 Å². The molecule has 27 heavy (non-hydrogen) atoms. The first kappa shape index (κ1) is 19.7. The summed E-state index contributed by atoms with van der Waals surface area (Å²) in [5.41, 5.74) is 3.19. The number of halogens is 3. The summed E-state index contributed by atoms with van der Waals surface area (Å²) >= 11 is 13.2. The van der Waals surface area contributed by atoms with Crippen molar-refractivity contribution < 1.29 is 4.74 Å². The molecule has 0 saturated carbocycles. The average molecular weight is 504 g/mol. The topological polar surface area (TPSA) is 33.0 Å². The summed E-state index contributed by atoms with van der Waals surface area (Å²) in [6.45, 7) is 0.476. The van der Waals surface area contributed by atoms with Crippen molar-refractivity contribution in [1.29, 1.82) is 5.26 Å². The Kier molecular flexibility index (Phi) is 6.73. The lowest BCUT2D eigenvalue weighted by atomic mass is 10.0. The molecular weight excluding hydrogens is 490 g/mol. The summed E-state index contributed by atoms with van der Waals surface area (Å²) in [4.78, 5) is 0. The van der Waals surface area contributed by atoms with Crippen molar-refractivity contribution in [3.8, 4) is 11.8 Å². The minimum Gasteiger partial charge on any atom is -0.488 e. The second-order valence-electron chi connectivity index (χ2n) is 5.75. The summed E-state index contributed by atoms with van der Waals surface area (Å²) in [5.74, 6) is 0.742. The predicted molar refractivity (Wildman–Crippen MR) is 118 cm³/mol. The number of hydrogen-bond acceptors (Lipinski definition) is 2. The van der Waals surface area contributed by atoms with E-state index in [1.807, 2.05) is 66.7 Å². The monoisotopic (exact) mass is 501 g/mol. The fourth-order valence-corrected chi connectivity index (χ4v) is 3.50. The Balaban J connectivity index is 1.78. The van der Waals surface area contributed by atoms with Crippen molar-refractivity contribution in [2.75, 3.05) is 0 Å². The van der Waals surface area contributed by atoms with Crippen LogP contribution >= 0.6 is 43.5 Å². The molecule has 0 saturated heterocycles. The van der Waals surface area contributed by atoms with Gasteiger partial charge in [-0.05, 0) is 63.5 Å². The average Bonchev–Trinajstić information content (AvgIpc) is 2.67. The van der Waals surface area contributed by atoms with Crippen LogP contribution in [-0.2, 0) is 6.61 Å². The molecule has 0 aliphatic rings. The Bertz CT molecular complexity index is 1020. The highest BCUT2D eigenvalue weighted by molar-refractivity contribution is 9.10. The molecule has 0 unspecified atom stereocenters. The summed E-state index contributed by atoms with van der Waals surface area (Å²) in [6.07, 6.45) is 1.81. The predicted octanol–water partition coefficient (Wildman–Crippen LogP) is 7.51. The van der Waals surface area contributed by atoms with Gasteiger partial charge < -0.3 is 4.74 Å². The van der Waals surface area contributed by atoms with Gasteiger partial charge in [0, 0.05) is 15.1 Å². The zero-order chi connectivity index (χ0) is 19.2. The summed E-state index contributed by atoms with van der Waals surface area (Å²) in [7, 11) is 0. The number of benzene rings is 3. The maximum atomic E-state index is 9.50. The number of rotatable bonds is 5. The summed E-state index contributed by atoms with van der Waals surface area (Å²) < 4.78 is 7.75. The van der Waals surface area contributed by atoms with E-state index in [0.29, 0.717) is 22.8 Å². The van der Waals surface area contributed by atoms with E-state index in [1.165, 1.54) is 0 Å². The van der Waals surface area contributed by atoms with Crippen LogP contribution in [0.3, 0.4) is 0 Å². The molecule has 0 heterocycles. The molecule has 3 aromatic carbocycles. The molecule has 0 N–H and O–H groups in total. The molecule has 0 fully saturated rings. The number of nitrogens with zero attached hydrogens (tertiary/aromatic N) is 1. The molecule has 0 aliphatic carbocycles. The van der Waals surface area contributed by atoms with Gasteiger partial charge in [-0.1, -0.05) is 63.9 Å². The van der Waals surface area contributed by atoms with Crippen molar-refractivity contribution in [2.45, 2.75) is 6.61 Å². The van der Waals surface area contributed by atoms with E-state index in [1.54, 1.807) is 6.07 Å². The van der Waals surface area contributed by atoms with E-state index < -0.39 is 0 Å². The first-order chi connectivity index (χ1) is 13.1. The summed E-state index contributed by atoms with van der Waals surface area (Å²) in [5, 5.41) is 10.1. The molecular formula is C22H14Br2ClNO. The molecule has 3 aromatic rings. The molecule has 0 aromatic heterocycles. The third-order valence-electron chi connectivity index (χ3n) is 3.86. The molecule has 0 spiro atoms. The molecule has 0 bridgehead atoms. The third kappa shape index (κ3) is 5.23. The van der Waals surface area contributed by atoms with Gasteiger partial charge in [0.2, 0.25) is 0 Å². The van der Waals surface area contributed by atoms with Crippen LogP contribution in [0.15, 0.2) is 75.7 Å². The van der Waals surface area contributed by atoms with Crippen LogP contribution in [0, 0.1) is 11.3 Å². The van der Waals surface area contributed by atoms with Gasteiger partial charge in [-0.25, -0.2) is 0 Å². The maximum absolute atomic E-state index is 9.50. The highest BCUT2D eigenvalue weighted by atomic mass is 79.9. The van der Waals surface area contributed by atoms with E-state index in [0.717, 1.165) is 25.8 Å². The van der Waals surface area contributed by atoms with Gasteiger partial charge in [-0.2, -0.15) is 5.26 Å². The Morgan fingerprint density at radius 3 is 2.44 bits per heavy atom. The normalized spacial score (nSPS) is 11.1. The lowest BCUT2D eigenvalue weighted by molar-refractivity contribution is 0.304. The second-order valence-corrected chi connectivity index (χ2v) is 7.93. The number of allylic oxidation sites excluding steroid dienone is 1. The van der Waals surface area contributed by atoms with Gasteiger partial charge in [0.1, 0.15) is 12.4 Å². The zero-order valence-electron chi connectivity index (χ0n) is 14.1. The fourth-order valence-electron chi connectivity index (χ4n) is 2.48. The van der Waals surface area contributed by atoms with Gasteiger partial charge in [-0.15, -0.1) is 0 Å². The maximum Gasteiger partial charge on any atom is 0.134 e. The largest absolute Gasteiger partial charge is 0.488 e. The number of hydrogen-bond donors (Lipinski definition) is 0. The van der Waals surface area contributed by atoms with Gasteiger partial charge in [0.15, 0.2) is 0 Å². The molecule has 5 heteroatoms. The molecule has 0 amide bonds. The van der Waals surface area contributed by atoms with Crippen LogP contribution in [0.2, 0.25) is 5.02 Å². The number of nitriles is 1. The van der Waals surface area contributed by atoms with Crippen LogP contribution in [0.4, 0.5) is 0 Å². The first-order valence-corrected chi connectivity index (χ1v) is 10.1. The first-order valence-electron chi connectivity index (χ1n) is 8.10. The SMILES string of the molecule is N#CC(=Cc1ccc(OCc2ccc(Br)cc2)c(Br)c1)c1ccccc1Cl. The second kappa shape index (κ2) is 9.23. The van der Waals surface area contributed by atoms with E-state index in [-0.39, 0.29) is 0 Å². The molecule has 0 aliphatic heterocycles. The van der Waals surface area contributed by atoms with E-state index in [4.69, 9.17) is 16.3 Å². The Morgan fingerprint density at radius 2 is 1.78 bits per heavy atom. The smallest absolute Gasteiger partial charge is 0.134 e. The van der Waals surface area contributed by atoms with E-state index in [2.05, 4.69) is 37.9 Å². The van der Waals surface area contributed by atoms with Gasteiger partial charge in [0.25, 0.3) is 0 Å². The van der Waals surface area contributed by atoms with Crippen molar-refractivity contribution in [2.24, 2.45) is 0 Å². The van der Waals surface area contributed by atoms with E-state index >= 15 is 0 Å².